The number of aromatic hydroxyl groups is 1. The highest BCUT2D eigenvalue weighted by Crippen LogP contribution is 2.35. The van der Waals surface area contributed by atoms with E-state index in [-0.39, 0.29) is 41.8 Å². The zero-order valence-corrected chi connectivity index (χ0v) is 16.3. The number of hydrogen-bond acceptors (Lipinski definition) is 6. The Labute approximate surface area is 169 Å². The van der Waals surface area contributed by atoms with E-state index in [0.29, 0.717) is 10.9 Å². The van der Waals surface area contributed by atoms with Crippen molar-refractivity contribution in [3.05, 3.63) is 62.3 Å². The summed E-state index contributed by atoms with van der Waals surface area (Å²) in [5.74, 6) is -0.543. The Morgan fingerprint density at radius 3 is 2.66 bits per heavy atom. The van der Waals surface area contributed by atoms with Gasteiger partial charge >= 0.3 is 5.69 Å². The summed E-state index contributed by atoms with van der Waals surface area (Å²) in [5.41, 5.74) is 4.99. The Morgan fingerprint density at radius 2 is 1.97 bits per heavy atom. The molecule has 0 fully saturated rings. The number of aromatic nitrogens is 2. The van der Waals surface area contributed by atoms with Gasteiger partial charge in [-0.1, -0.05) is 23.7 Å². The molecule has 0 saturated heterocycles. The maximum atomic E-state index is 12.8. The van der Waals surface area contributed by atoms with Gasteiger partial charge in [-0.25, -0.2) is 4.79 Å². The van der Waals surface area contributed by atoms with Crippen molar-refractivity contribution in [3.8, 4) is 11.5 Å². The third kappa shape index (κ3) is 3.96. The Kier molecular flexibility index (Phi) is 5.90. The molecule has 0 aliphatic heterocycles. The first-order valence-electron chi connectivity index (χ1n) is 8.66. The molecule has 152 valence electrons. The number of fused-ring (bicyclic) bond motifs is 1. The molecule has 1 aromatic heterocycles. The Hall–Kier alpha value is -3.30. The van der Waals surface area contributed by atoms with Crippen LogP contribution in [0.25, 0.3) is 10.9 Å². The van der Waals surface area contributed by atoms with E-state index < -0.39 is 17.2 Å². The first-order chi connectivity index (χ1) is 13.9. The Balaban J connectivity index is 2.03. The molecule has 1 heterocycles. The van der Waals surface area contributed by atoms with E-state index in [1.54, 1.807) is 24.3 Å². The van der Waals surface area contributed by atoms with Crippen LogP contribution >= 0.6 is 11.6 Å². The third-order valence-electron chi connectivity index (χ3n) is 4.33. The average Bonchev–Trinajstić information content (AvgIpc) is 2.71. The highest BCUT2D eigenvalue weighted by molar-refractivity contribution is 6.32. The molecule has 29 heavy (non-hydrogen) atoms. The van der Waals surface area contributed by atoms with Crippen LogP contribution in [-0.2, 0) is 17.9 Å². The molecule has 3 aromatic rings. The van der Waals surface area contributed by atoms with Gasteiger partial charge in [-0.05, 0) is 18.2 Å². The van der Waals surface area contributed by atoms with Crippen molar-refractivity contribution in [2.45, 2.75) is 13.1 Å². The first-order valence-corrected chi connectivity index (χ1v) is 9.04. The highest BCUT2D eigenvalue weighted by atomic mass is 35.5. The minimum atomic E-state index is -0.634. The Morgan fingerprint density at radius 1 is 1.24 bits per heavy atom. The van der Waals surface area contributed by atoms with Crippen LogP contribution in [0.1, 0.15) is 0 Å². The van der Waals surface area contributed by atoms with Crippen LogP contribution in [0.15, 0.2) is 46.0 Å². The molecule has 0 atom stereocenters. The number of benzene rings is 2. The molecule has 1 amide bonds. The average molecular weight is 419 g/mol. The molecular formula is C19H19ClN4O5. The molecule has 0 bridgehead atoms. The van der Waals surface area contributed by atoms with Gasteiger partial charge in [0.2, 0.25) is 5.91 Å². The number of para-hydroxylation sites is 1. The fourth-order valence-electron chi connectivity index (χ4n) is 2.99. The van der Waals surface area contributed by atoms with Crippen LogP contribution in [0.2, 0.25) is 5.02 Å². The number of amides is 1. The smallest absolute Gasteiger partial charge is 0.331 e. The second-order valence-electron chi connectivity index (χ2n) is 6.18. The van der Waals surface area contributed by atoms with Gasteiger partial charge in [-0.2, -0.15) is 0 Å². The van der Waals surface area contributed by atoms with Crippen molar-refractivity contribution in [2.75, 3.05) is 19.0 Å². The lowest BCUT2D eigenvalue weighted by atomic mass is 10.2. The zero-order valence-electron chi connectivity index (χ0n) is 15.5. The van der Waals surface area contributed by atoms with Crippen LogP contribution in [0.3, 0.4) is 0 Å². The van der Waals surface area contributed by atoms with Gasteiger partial charge in [-0.15, -0.1) is 0 Å². The highest BCUT2D eigenvalue weighted by Gasteiger charge is 2.17. The Bertz CT molecular complexity index is 1200. The number of methoxy groups -OCH3 is 1. The summed E-state index contributed by atoms with van der Waals surface area (Å²) in [6.45, 7) is -0.222. The van der Waals surface area contributed by atoms with Crippen molar-refractivity contribution in [1.29, 1.82) is 0 Å². The number of nitrogens with two attached hydrogens (primary N) is 1. The normalized spacial score (nSPS) is 10.9. The molecule has 9 nitrogen and oxygen atoms in total. The summed E-state index contributed by atoms with van der Waals surface area (Å²) in [6.07, 6.45) is 0. The summed E-state index contributed by atoms with van der Waals surface area (Å²) < 4.78 is 7.34. The molecule has 0 aliphatic carbocycles. The van der Waals surface area contributed by atoms with Crippen molar-refractivity contribution in [1.82, 2.24) is 9.13 Å². The number of hydrogen-bond donors (Lipinski definition) is 3. The molecule has 0 spiro atoms. The summed E-state index contributed by atoms with van der Waals surface area (Å²) in [6, 6.07) is 9.13. The van der Waals surface area contributed by atoms with Crippen molar-refractivity contribution in [2.24, 2.45) is 5.73 Å². The minimum absolute atomic E-state index is 0.0280. The number of phenols is 1. The molecule has 10 heteroatoms. The number of anilines is 1. The summed E-state index contributed by atoms with van der Waals surface area (Å²) >= 11 is 5.90. The number of phenolic OH excluding ortho intramolecular Hbond substituents is 1. The second-order valence-corrected chi connectivity index (χ2v) is 6.59. The van der Waals surface area contributed by atoms with E-state index in [2.05, 4.69) is 5.32 Å². The predicted molar refractivity (Wildman–Crippen MR) is 110 cm³/mol. The molecule has 0 aliphatic rings. The van der Waals surface area contributed by atoms with E-state index in [1.165, 1.54) is 23.8 Å². The number of halogens is 1. The monoisotopic (exact) mass is 418 g/mol. The maximum Gasteiger partial charge on any atom is 0.331 e. The third-order valence-corrected chi connectivity index (χ3v) is 4.63. The van der Waals surface area contributed by atoms with Crippen molar-refractivity contribution >= 4 is 34.1 Å². The number of carbonyl (C=O) groups excluding carboxylic acids is 1. The molecule has 4 N–H and O–H groups in total. The number of carbonyl (C=O) groups is 1. The topological polar surface area (TPSA) is 129 Å². The van der Waals surface area contributed by atoms with Crippen LogP contribution in [0, 0.1) is 0 Å². The van der Waals surface area contributed by atoms with E-state index in [9.17, 15) is 19.5 Å². The predicted octanol–water partition coefficient (Wildman–Crippen LogP) is 1.13. The lowest BCUT2D eigenvalue weighted by molar-refractivity contribution is -0.116. The lowest BCUT2D eigenvalue weighted by Gasteiger charge is -2.15. The molecule has 0 radical (unpaired) electrons. The minimum Gasteiger partial charge on any atom is -0.506 e. The van der Waals surface area contributed by atoms with E-state index >= 15 is 0 Å². The number of nitrogens with zero attached hydrogens (tertiary/aromatic N) is 2. The lowest BCUT2D eigenvalue weighted by Crippen LogP contribution is -2.43. The number of ether oxygens (including phenoxy) is 1. The quantitative estimate of drug-likeness (QED) is 0.515. The van der Waals surface area contributed by atoms with Gasteiger partial charge in [0.1, 0.15) is 18.0 Å². The van der Waals surface area contributed by atoms with Crippen LogP contribution in [0.5, 0.6) is 11.5 Å². The summed E-state index contributed by atoms with van der Waals surface area (Å²) in [5, 5.41) is 12.6. The SMILES string of the molecule is COc1cc(O)c(Cl)cc1NC(=O)Cn1c(=O)n(CCN)c(=O)c2ccccc21. The van der Waals surface area contributed by atoms with Crippen molar-refractivity contribution in [3.63, 3.8) is 0 Å². The van der Waals surface area contributed by atoms with Crippen LogP contribution < -0.4 is 27.0 Å². The maximum absolute atomic E-state index is 12.8. The second kappa shape index (κ2) is 8.38. The fraction of sp³-hybridized carbons (Fsp3) is 0.211. The molecular weight excluding hydrogens is 400 g/mol. The summed E-state index contributed by atoms with van der Waals surface area (Å²) in [4.78, 5) is 38.0. The number of rotatable bonds is 6. The molecule has 0 unspecified atom stereocenters. The van der Waals surface area contributed by atoms with Gasteiger partial charge in [0, 0.05) is 19.2 Å². The molecule has 3 rings (SSSR count). The summed E-state index contributed by atoms with van der Waals surface area (Å²) in [7, 11) is 1.37. The van der Waals surface area contributed by atoms with E-state index in [0.717, 1.165) is 4.57 Å². The van der Waals surface area contributed by atoms with E-state index in [1.807, 2.05) is 0 Å². The van der Waals surface area contributed by atoms with Gasteiger partial charge < -0.3 is 20.9 Å². The van der Waals surface area contributed by atoms with Crippen LogP contribution in [-0.4, -0.2) is 33.8 Å². The van der Waals surface area contributed by atoms with E-state index in [4.69, 9.17) is 22.1 Å². The standard InChI is InChI=1S/C19H19ClN4O5/c1-29-16-9-15(25)12(20)8-13(16)22-17(26)10-24-14-5-3-2-4-11(14)18(27)23(7-6-21)19(24)28/h2-5,8-9,25H,6-7,10,21H2,1H3,(H,22,26). The van der Waals surface area contributed by atoms with Gasteiger partial charge in [0.15, 0.2) is 0 Å². The van der Waals surface area contributed by atoms with Crippen molar-refractivity contribution < 1.29 is 14.6 Å². The van der Waals surface area contributed by atoms with Crippen LogP contribution in [0.4, 0.5) is 5.69 Å². The number of nitrogens with one attached hydrogen (secondary N) is 1. The molecule has 2 aromatic carbocycles. The van der Waals surface area contributed by atoms with Gasteiger partial charge in [0.05, 0.1) is 28.7 Å². The molecule has 0 saturated carbocycles. The first kappa shape index (κ1) is 20.4. The largest absolute Gasteiger partial charge is 0.506 e. The zero-order chi connectivity index (χ0) is 21.1. The van der Waals surface area contributed by atoms with Gasteiger partial charge in [0.25, 0.3) is 5.56 Å². The fourth-order valence-corrected chi connectivity index (χ4v) is 3.16. The van der Waals surface area contributed by atoms with Gasteiger partial charge in [-0.3, -0.25) is 18.7 Å².